The maximum Gasteiger partial charge on any atom is 0.222 e. The molecule has 1 saturated heterocycles. The SMILES string of the molecule is O=C(CCC1CCCC1)N1CCN(Cc2cn3ccccc3n2)CC1. The van der Waals surface area contributed by atoms with Crippen LogP contribution in [-0.4, -0.2) is 51.3 Å². The minimum Gasteiger partial charge on any atom is -0.340 e. The predicted octanol–water partition coefficient (Wildman–Crippen LogP) is 2.95. The molecule has 4 rings (SSSR count). The van der Waals surface area contributed by atoms with E-state index in [1.54, 1.807) is 0 Å². The molecule has 1 aliphatic carbocycles. The molecule has 134 valence electrons. The maximum absolute atomic E-state index is 12.4. The third-order valence-electron chi connectivity index (χ3n) is 5.77. The smallest absolute Gasteiger partial charge is 0.222 e. The first-order chi connectivity index (χ1) is 12.3. The highest BCUT2D eigenvalue weighted by molar-refractivity contribution is 5.76. The van der Waals surface area contributed by atoms with Crippen LogP contribution in [0.5, 0.6) is 0 Å². The number of amides is 1. The lowest BCUT2D eigenvalue weighted by Gasteiger charge is -2.34. The number of nitrogens with zero attached hydrogens (tertiary/aromatic N) is 4. The van der Waals surface area contributed by atoms with Crippen molar-refractivity contribution in [2.75, 3.05) is 26.2 Å². The van der Waals surface area contributed by atoms with E-state index in [9.17, 15) is 4.79 Å². The molecular weight excluding hydrogens is 312 g/mol. The summed E-state index contributed by atoms with van der Waals surface area (Å²) in [5.74, 6) is 1.17. The molecule has 2 aromatic rings. The van der Waals surface area contributed by atoms with Crippen molar-refractivity contribution in [2.45, 2.75) is 45.1 Å². The molecule has 1 aliphatic heterocycles. The molecule has 0 unspecified atom stereocenters. The van der Waals surface area contributed by atoms with Gasteiger partial charge in [0.15, 0.2) is 0 Å². The molecule has 5 heteroatoms. The van der Waals surface area contributed by atoms with Crippen LogP contribution in [0.25, 0.3) is 5.65 Å². The zero-order valence-electron chi connectivity index (χ0n) is 14.9. The molecule has 3 heterocycles. The Labute approximate surface area is 149 Å². The topological polar surface area (TPSA) is 40.9 Å². The van der Waals surface area contributed by atoms with Gasteiger partial charge in [-0.15, -0.1) is 0 Å². The van der Waals surface area contributed by atoms with Crippen LogP contribution in [0.15, 0.2) is 30.6 Å². The van der Waals surface area contributed by atoms with Gasteiger partial charge in [0.2, 0.25) is 5.91 Å². The molecule has 0 bridgehead atoms. The van der Waals surface area contributed by atoms with Gasteiger partial charge < -0.3 is 9.30 Å². The minimum absolute atomic E-state index is 0.360. The Hall–Kier alpha value is -1.88. The summed E-state index contributed by atoms with van der Waals surface area (Å²) in [4.78, 5) is 21.6. The second-order valence-electron chi connectivity index (χ2n) is 7.54. The van der Waals surface area contributed by atoms with Crippen molar-refractivity contribution in [3.63, 3.8) is 0 Å². The first kappa shape index (κ1) is 16.6. The van der Waals surface area contributed by atoms with Gasteiger partial charge in [-0.2, -0.15) is 0 Å². The van der Waals surface area contributed by atoms with Crippen molar-refractivity contribution >= 4 is 11.6 Å². The summed E-state index contributed by atoms with van der Waals surface area (Å²) >= 11 is 0. The van der Waals surface area contributed by atoms with Gasteiger partial charge >= 0.3 is 0 Å². The lowest BCUT2D eigenvalue weighted by atomic mass is 10.0. The third kappa shape index (κ3) is 4.03. The summed E-state index contributed by atoms with van der Waals surface area (Å²) in [6, 6.07) is 6.07. The molecule has 2 aromatic heterocycles. The zero-order chi connectivity index (χ0) is 17.1. The fraction of sp³-hybridized carbons (Fsp3) is 0.600. The van der Waals surface area contributed by atoms with Crippen LogP contribution in [0.4, 0.5) is 0 Å². The van der Waals surface area contributed by atoms with Crippen LogP contribution in [0.1, 0.15) is 44.2 Å². The normalized spacial score (nSPS) is 19.8. The number of rotatable bonds is 5. The first-order valence-electron chi connectivity index (χ1n) is 9.71. The van der Waals surface area contributed by atoms with Crippen LogP contribution >= 0.6 is 0 Å². The molecule has 0 N–H and O–H groups in total. The van der Waals surface area contributed by atoms with Crippen molar-refractivity contribution in [1.29, 1.82) is 0 Å². The minimum atomic E-state index is 0.360. The van der Waals surface area contributed by atoms with Crippen molar-refractivity contribution in [3.8, 4) is 0 Å². The van der Waals surface area contributed by atoms with Gasteiger partial charge in [-0.1, -0.05) is 31.7 Å². The van der Waals surface area contributed by atoms with Crippen LogP contribution in [0.2, 0.25) is 0 Å². The van der Waals surface area contributed by atoms with E-state index >= 15 is 0 Å². The largest absolute Gasteiger partial charge is 0.340 e. The quantitative estimate of drug-likeness (QED) is 0.840. The Morgan fingerprint density at radius 3 is 2.68 bits per heavy atom. The molecule has 2 aliphatic rings. The third-order valence-corrected chi connectivity index (χ3v) is 5.77. The number of hydrogen-bond donors (Lipinski definition) is 0. The van der Waals surface area contributed by atoms with Gasteiger partial charge in [0, 0.05) is 51.5 Å². The molecule has 1 saturated carbocycles. The van der Waals surface area contributed by atoms with Crippen molar-refractivity contribution in [3.05, 3.63) is 36.3 Å². The fourth-order valence-electron chi connectivity index (χ4n) is 4.23. The van der Waals surface area contributed by atoms with Gasteiger partial charge in [-0.3, -0.25) is 9.69 Å². The fourth-order valence-corrected chi connectivity index (χ4v) is 4.23. The maximum atomic E-state index is 12.4. The standard InChI is InChI=1S/C20H28N4O/c25-20(9-8-17-5-1-2-6-17)23-13-11-22(12-14-23)15-18-16-24-10-4-3-7-19(24)21-18/h3-4,7,10,16-17H,1-2,5-6,8-9,11-15H2. The van der Waals surface area contributed by atoms with Gasteiger partial charge in [0.1, 0.15) is 5.65 Å². The predicted molar refractivity (Wildman–Crippen MR) is 98.2 cm³/mol. The zero-order valence-corrected chi connectivity index (χ0v) is 14.9. The summed E-state index contributed by atoms with van der Waals surface area (Å²) < 4.78 is 2.07. The van der Waals surface area contributed by atoms with Gasteiger partial charge in [-0.05, 0) is 24.5 Å². The van der Waals surface area contributed by atoms with Crippen molar-refractivity contribution < 1.29 is 4.79 Å². The molecule has 0 spiro atoms. The number of hydrogen-bond acceptors (Lipinski definition) is 3. The monoisotopic (exact) mass is 340 g/mol. The summed E-state index contributed by atoms with van der Waals surface area (Å²) in [7, 11) is 0. The Balaban J connectivity index is 1.24. The number of carbonyl (C=O) groups is 1. The van der Waals surface area contributed by atoms with E-state index in [4.69, 9.17) is 0 Å². The van der Waals surface area contributed by atoms with Gasteiger partial charge in [0.05, 0.1) is 5.69 Å². The summed E-state index contributed by atoms with van der Waals surface area (Å²) in [6.45, 7) is 4.48. The highest BCUT2D eigenvalue weighted by Gasteiger charge is 2.23. The number of piperazine rings is 1. The molecule has 0 aromatic carbocycles. The number of aromatic nitrogens is 2. The molecule has 5 nitrogen and oxygen atoms in total. The molecule has 0 atom stereocenters. The van der Waals surface area contributed by atoms with Crippen LogP contribution in [0, 0.1) is 5.92 Å². The Kier molecular flexibility index (Phi) is 5.02. The highest BCUT2D eigenvalue weighted by atomic mass is 16.2. The molecule has 2 fully saturated rings. The lowest BCUT2D eigenvalue weighted by Crippen LogP contribution is -2.48. The van der Waals surface area contributed by atoms with E-state index in [1.807, 2.05) is 24.4 Å². The number of carbonyl (C=O) groups excluding carboxylic acids is 1. The summed E-state index contributed by atoms with van der Waals surface area (Å²) in [6.07, 6.45) is 11.4. The van der Waals surface area contributed by atoms with Gasteiger partial charge in [-0.25, -0.2) is 4.98 Å². The van der Waals surface area contributed by atoms with E-state index in [-0.39, 0.29) is 0 Å². The van der Waals surface area contributed by atoms with E-state index in [2.05, 4.69) is 25.4 Å². The number of imidazole rings is 1. The van der Waals surface area contributed by atoms with E-state index in [1.165, 1.54) is 25.7 Å². The molecule has 0 radical (unpaired) electrons. The molecule has 25 heavy (non-hydrogen) atoms. The molecule has 1 amide bonds. The average Bonchev–Trinajstić information content (AvgIpc) is 3.29. The second-order valence-corrected chi connectivity index (χ2v) is 7.54. The van der Waals surface area contributed by atoms with Crippen LogP contribution < -0.4 is 0 Å². The van der Waals surface area contributed by atoms with Crippen LogP contribution in [0.3, 0.4) is 0 Å². The second kappa shape index (κ2) is 7.56. The van der Waals surface area contributed by atoms with Crippen molar-refractivity contribution in [2.24, 2.45) is 5.92 Å². The Bertz CT molecular complexity index is 678. The van der Waals surface area contributed by atoms with Crippen molar-refractivity contribution in [1.82, 2.24) is 19.2 Å². The Morgan fingerprint density at radius 2 is 1.92 bits per heavy atom. The van der Waals surface area contributed by atoms with Gasteiger partial charge in [0.25, 0.3) is 0 Å². The van der Waals surface area contributed by atoms with E-state index in [0.29, 0.717) is 5.91 Å². The highest BCUT2D eigenvalue weighted by Crippen LogP contribution is 2.28. The summed E-state index contributed by atoms with van der Waals surface area (Å²) in [5.41, 5.74) is 2.10. The van der Waals surface area contributed by atoms with Crippen LogP contribution in [-0.2, 0) is 11.3 Å². The Morgan fingerprint density at radius 1 is 1.12 bits per heavy atom. The summed E-state index contributed by atoms with van der Waals surface area (Å²) in [5, 5.41) is 0. The number of fused-ring (bicyclic) bond motifs is 1. The first-order valence-corrected chi connectivity index (χ1v) is 9.71. The van der Waals surface area contributed by atoms with E-state index in [0.717, 1.165) is 62.8 Å². The number of pyridine rings is 1. The lowest BCUT2D eigenvalue weighted by molar-refractivity contribution is -0.133. The molecular formula is C20H28N4O. The average molecular weight is 340 g/mol. The van der Waals surface area contributed by atoms with E-state index < -0.39 is 0 Å².